The number of benzene rings is 1. The summed E-state index contributed by atoms with van der Waals surface area (Å²) in [5.41, 5.74) is 1.09. The minimum absolute atomic E-state index is 0.272. The second kappa shape index (κ2) is 8.52. The minimum Gasteiger partial charge on any atom is -0.493 e. The van der Waals surface area contributed by atoms with Gasteiger partial charge in [0, 0.05) is 11.8 Å². The number of carbonyl (C=O) groups excluding carboxylic acids is 1. The van der Waals surface area contributed by atoms with Gasteiger partial charge in [-0.3, -0.25) is 4.79 Å². The Morgan fingerprint density at radius 3 is 2.66 bits per heavy atom. The number of nitrogens with one attached hydrogen (secondary N) is 2. The van der Waals surface area contributed by atoms with Gasteiger partial charge in [0.15, 0.2) is 11.5 Å². The molecule has 0 unspecified atom stereocenters. The van der Waals surface area contributed by atoms with Gasteiger partial charge in [0.05, 0.1) is 32.3 Å². The van der Waals surface area contributed by atoms with Gasteiger partial charge in [-0.2, -0.15) is 0 Å². The van der Waals surface area contributed by atoms with E-state index in [2.05, 4.69) is 15.3 Å². The van der Waals surface area contributed by atoms with Crippen LogP contribution in [0.2, 0.25) is 0 Å². The molecule has 3 aromatic rings. The minimum atomic E-state index is -0.439. The lowest BCUT2D eigenvalue weighted by Gasteiger charge is -2.16. The van der Waals surface area contributed by atoms with E-state index in [9.17, 15) is 9.59 Å². The number of fused-ring (bicyclic) bond motifs is 1. The standard InChI is InChI=1S/C20H23N3O5S/c1-6-28-20(25)16-10(2)15-18(24)22-17(23-19(15)29-16)11(3)21-12-7-8-13(26-4)14(9-12)27-5/h7-9,11,21H,6H2,1-5H3,(H,22,23,24)/t11-/m0/s1. The largest absolute Gasteiger partial charge is 0.493 e. The highest BCUT2D eigenvalue weighted by Gasteiger charge is 2.21. The van der Waals surface area contributed by atoms with E-state index in [0.29, 0.717) is 38.0 Å². The quantitative estimate of drug-likeness (QED) is 0.566. The number of hydrogen-bond donors (Lipinski definition) is 2. The zero-order valence-electron chi connectivity index (χ0n) is 16.9. The topological polar surface area (TPSA) is 103 Å². The van der Waals surface area contributed by atoms with Crippen LogP contribution in [-0.2, 0) is 4.74 Å². The van der Waals surface area contributed by atoms with Crippen LogP contribution < -0.4 is 20.3 Å². The van der Waals surface area contributed by atoms with Gasteiger partial charge in [0.1, 0.15) is 15.5 Å². The molecule has 0 spiro atoms. The number of hydrogen-bond acceptors (Lipinski definition) is 8. The predicted octanol–water partition coefficient (Wildman–Crippen LogP) is 3.66. The van der Waals surface area contributed by atoms with Crippen LogP contribution in [0.15, 0.2) is 23.0 Å². The Morgan fingerprint density at radius 1 is 1.28 bits per heavy atom. The maximum Gasteiger partial charge on any atom is 0.348 e. The summed E-state index contributed by atoms with van der Waals surface area (Å²) in [4.78, 5) is 33.1. The first-order valence-corrected chi connectivity index (χ1v) is 9.90. The van der Waals surface area contributed by atoms with E-state index in [-0.39, 0.29) is 18.2 Å². The Labute approximate surface area is 171 Å². The van der Waals surface area contributed by atoms with Gasteiger partial charge in [-0.25, -0.2) is 9.78 Å². The van der Waals surface area contributed by atoms with Crippen LogP contribution in [0.4, 0.5) is 5.69 Å². The van der Waals surface area contributed by atoms with Crippen molar-refractivity contribution in [2.75, 3.05) is 26.1 Å². The number of anilines is 1. The molecule has 2 aromatic heterocycles. The van der Waals surface area contributed by atoms with E-state index in [4.69, 9.17) is 14.2 Å². The Bertz CT molecular complexity index is 1110. The smallest absolute Gasteiger partial charge is 0.348 e. The molecule has 154 valence electrons. The number of esters is 1. The summed E-state index contributed by atoms with van der Waals surface area (Å²) in [6.07, 6.45) is 0. The van der Waals surface area contributed by atoms with Gasteiger partial charge in [0.2, 0.25) is 0 Å². The molecule has 0 aliphatic heterocycles. The highest BCUT2D eigenvalue weighted by molar-refractivity contribution is 7.20. The second-order valence-corrected chi connectivity index (χ2v) is 7.34. The summed E-state index contributed by atoms with van der Waals surface area (Å²) in [6, 6.07) is 5.16. The van der Waals surface area contributed by atoms with Crippen LogP contribution in [-0.4, -0.2) is 36.8 Å². The Balaban J connectivity index is 1.93. The van der Waals surface area contributed by atoms with Crippen molar-refractivity contribution in [1.82, 2.24) is 9.97 Å². The molecular formula is C20H23N3O5S. The molecule has 2 N–H and O–H groups in total. The molecule has 9 heteroatoms. The molecule has 8 nitrogen and oxygen atoms in total. The van der Waals surface area contributed by atoms with Crippen LogP contribution in [0.5, 0.6) is 11.5 Å². The lowest BCUT2D eigenvalue weighted by molar-refractivity contribution is 0.0531. The number of rotatable bonds is 7. The lowest BCUT2D eigenvalue weighted by atomic mass is 10.2. The maximum atomic E-state index is 12.6. The normalized spacial score (nSPS) is 11.9. The van der Waals surface area contributed by atoms with Gasteiger partial charge in [0.25, 0.3) is 5.56 Å². The predicted molar refractivity (Wildman–Crippen MR) is 113 cm³/mol. The summed E-state index contributed by atoms with van der Waals surface area (Å²) in [6.45, 7) is 5.62. The Morgan fingerprint density at radius 2 is 2.00 bits per heavy atom. The molecular weight excluding hydrogens is 394 g/mol. The number of aromatic amines is 1. The number of thiophene rings is 1. The van der Waals surface area contributed by atoms with Crippen LogP contribution in [0.1, 0.15) is 40.9 Å². The van der Waals surface area contributed by atoms with Gasteiger partial charge < -0.3 is 24.5 Å². The highest BCUT2D eigenvalue weighted by atomic mass is 32.1. The van der Waals surface area contributed by atoms with E-state index < -0.39 is 5.97 Å². The van der Waals surface area contributed by atoms with Crippen LogP contribution in [0, 0.1) is 6.92 Å². The van der Waals surface area contributed by atoms with Crippen molar-refractivity contribution in [3.05, 3.63) is 44.8 Å². The maximum absolute atomic E-state index is 12.6. The molecule has 1 atom stereocenters. The van der Waals surface area contributed by atoms with Gasteiger partial charge in [-0.1, -0.05) is 0 Å². The third kappa shape index (κ3) is 4.04. The third-order valence-electron chi connectivity index (χ3n) is 4.46. The molecule has 0 aliphatic carbocycles. The van der Waals surface area contributed by atoms with Crippen LogP contribution in [0.3, 0.4) is 0 Å². The number of ether oxygens (including phenoxy) is 3. The van der Waals surface area contributed by atoms with E-state index in [0.717, 1.165) is 5.69 Å². The van der Waals surface area contributed by atoms with Crippen molar-refractivity contribution in [1.29, 1.82) is 0 Å². The van der Waals surface area contributed by atoms with E-state index in [1.165, 1.54) is 11.3 Å². The van der Waals surface area contributed by atoms with Crippen molar-refractivity contribution in [3.8, 4) is 11.5 Å². The molecule has 0 radical (unpaired) electrons. The Hall–Kier alpha value is -3.07. The molecule has 29 heavy (non-hydrogen) atoms. The van der Waals surface area contributed by atoms with Gasteiger partial charge in [-0.05, 0) is 38.5 Å². The molecule has 0 aliphatic rings. The number of carbonyl (C=O) groups is 1. The molecule has 0 saturated carbocycles. The molecule has 0 bridgehead atoms. The molecule has 1 aromatic carbocycles. The summed E-state index contributed by atoms with van der Waals surface area (Å²) >= 11 is 1.17. The monoisotopic (exact) mass is 417 g/mol. The lowest BCUT2D eigenvalue weighted by Crippen LogP contribution is -2.17. The number of aromatic nitrogens is 2. The van der Waals surface area contributed by atoms with Crippen molar-refractivity contribution in [3.63, 3.8) is 0 Å². The first kappa shape index (κ1) is 20.7. The number of H-pyrrole nitrogens is 1. The van der Waals surface area contributed by atoms with E-state index >= 15 is 0 Å². The van der Waals surface area contributed by atoms with Crippen molar-refractivity contribution >= 4 is 33.2 Å². The van der Waals surface area contributed by atoms with Crippen molar-refractivity contribution in [2.45, 2.75) is 26.8 Å². The zero-order valence-corrected chi connectivity index (χ0v) is 17.7. The van der Waals surface area contributed by atoms with E-state index in [1.807, 2.05) is 13.0 Å². The first-order chi connectivity index (χ1) is 13.9. The molecule has 0 amide bonds. The summed E-state index contributed by atoms with van der Waals surface area (Å²) in [5, 5.41) is 3.70. The molecule has 0 fully saturated rings. The second-order valence-electron chi connectivity index (χ2n) is 6.34. The van der Waals surface area contributed by atoms with Crippen LogP contribution in [0.25, 0.3) is 10.2 Å². The zero-order chi connectivity index (χ0) is 21.1. The van der Waals surface area contributed by atoms with Crippen molar-refractivity contribution in [2.24, 2.45) is 0 Å². The molecule has 3 rings (SSSR count). The highest BCUT2D eigenvalue weighted by Crippen LogP contribution is 2.32. The number of aryl methyl sites for hydroxylation is 1. The number of methoxy groups -OCH3 is 2. The van der Waals surface area contributed by atoms with Gasteiger partial charge >= 0.3 is 5.97 Å². The van der Waals surface area contributed by atoms with Crippen molar-refractivity contribution < 1.29 is 19.0 Å². The fourth-order valence-corrected chi connectivity index (χ4v) is 4.08. The molecule has 2 heterocycles. The summed E-state index contributed by atoms with van der Waals surface area (Å²) < 4.78 is 15.6. The number of nitrogens with zero attached hydrogens (tertiary/aromatic N) is 1. The third-order valence-corrected chi connectivity index (χ3v) is 5.62. The fraction of sp³-hybridized carbons (Fsp3) is 0.350. The summed E-state index contributed by atoms with van der Waals surface area (Å²) in [5.74, 6) is 1.24. The average Bonchev–Trinajstić information content (AvgIpc) is 3.05. The SMILES string of the molecule is CCOC(=O)c1sc2nc([C@H](C)Nc3ccc(OC)c(OC)c3)[nH]c(=O)c2c1C. The molecule has 0 saturated heterocycles. The fourth-order valence-electron chi connectivity index (χ4n) is 3.00. The van der Waals surface area contributed by atoms with E-state index in [1.54, 1.807) is 40.2 Å². The average molecular weight is 417 g/mol. The first-order valence-electron chi connectivity index (χ1n) is 9.08. The Kier molecular flexibility index (Phi) is 6.07. The van der Waals surface area contributed by atoms with Crippen LogP contribution >= 0.6 is 11.3 Å². The van der Waals surface area contributed by atoms with Gasteiger partial charge in [-0.15, -0.1) is 11.3 Å². The summed E-state index contributed by atoms with van der Waals surface area (Å²) in [7, 11) is 3.14.